The molecule has 0 saturated heterocycles. The van der Waals surface area contributed by atoms with Crippen LogP contribution in [0, 0.1) is 0 Å². The molecule has 116 valence electrons. The molecule has 1 aromatic rings. The predicted molar refractivity (Wildman–Crippen MR) is 75.1 cm³/mol. The van der Waals surface area contributed by atoms with Gasteiger partial charge in [-0.05, 0) is 12.1 Å². The van der Waals surface area contributed by atoms with Crippen LogP contribution >= 0.6 is 11.6 Å². The molecule has 0 aromatic heterocycles. The van der Waals surface area contributed by atoms with Gasteiger partial charge in [-0.1, -0.05) is 11.6 Å². The van der Waals surface area contributed by atoms with E-state index in [4.69, 9.17) is 31.3 Å². The third-order valence-electron chi connectivity index (χ3n) is 2.68. The molecular formula is C13H16ClNO6. The Hall–Kier alpha value is -1.99. The van der Waals surface area contributed by atoms with Gasteiger partial charge in [0.2, 0.25) is 0 Å². The molecule has 1 rings (SSSR count). The standard InChI is InChI=1S/C13H16ClNO6/c1-20-10-6-7(5-8(14)11(10)21-2)12(17)15-4-3-9(16)13(18)19/h5-6,9,16H,3-4H2,1-2H3,(H,15,17)(H,18,19)/t9-/m0/s1. The number of amides is 1. The van der Waals surface area contributed by atoms with Gasteiger partial charge in [-0.2, -0.15) is 0 Å². The van der Waals surface area contributed by atoms with Gasteiger partial charge >= 0.3 is 5.97 Å². The third kappa shape index (κ3) is 4.51. The maximum absolute atomic E-state index is 11.9. The van der Waals surface area contributed by atoms with Gasteiger partial charge in [0.1, 0.15) is 0 Å². The number of nitrogens with one attached hydrogen (secondary N) is 1. The van der Waals surface area contributed by atoms with Crippen LogP contribution < -0.4 is 14.8 Å². The SMILES string of the molecule is COc1cc(C(=O)NCC[C@H](O)C(=O)O)cc(Cl)c1OC. The van der Waals surface area contributed by atoms with Crippen LogP contribution in [0.1, 0.15) is 16.8 Å². The number of hydrogen-bond acceptors (Lipinski definition) is 5. The van der Waals surface area contributed by atoms with Gasteiger partial charge in [-0.25, -0.2) is 4.79 Å². The Morgan fingerprint density at radius 1 is 1.33 bits per heavy atom. The second kappa shape index (κ2) is 7.70. The summed E-state index contributed by atoms with van der Waals surface area (Å²) in [6.07, 6.45) is -1.61. The summed E-state index contributed by atoms with van der Waals surface area (Å²) in [5, 5.41) is 20.3. The fourth-order valence-corrected chi connectivity index (χ4v) is 1.88. The monoisotopic (exact) mass is 317 g/mol. The molecule has 0 aliphatic rings. The number of carboxylic acids is 1. The summed E-state index contributed by atoms with van der Waals surface area (Å²) < 4.78 is 10.1. The van der Waals surface area contributed by atoms with Crippen LogP contribution in [0.3, 0.4) is 0 Å². The van der Waals surface area contributed by atoms with Crippen molar-refractivity contribution in [3.05, 3.63) is 22.7 Å². The number of methoxy groups -OCH3 is 2. The summed E-state index contributed by atoms with van der Waals surface area (Å²) in [6.45, 7) is 0.0122. The second-order valence-electron chi connectivity index (χ2n) is 4.09. The first-order valence-electron chi connectivity index (χ1n) is 6.01. The minimum atomic E-state index is -1.51. The number of carbonyl (C=O) groups excluding carboxylic acids is 1. The molecule has 0 unspecified atom stereocenters. The third-order valence-corrected chi connectivity index (χ3v) is 2.96. The molecule has 21 heavy (non-hydrogen) atoms. The number of halogens is 1. The quantitative estimate of drug-likeness (QED) is 0.690. The molecule has 0 saturated carbocycles. The van der Waals surface area contributed by atoms with E-state index in [1.807, 2.05) is 0 Å². The molecule has 1 aromatic carbocycles. The Kier molecular flexibility index (Phi) is 6.26. The van der Waals surface area contributed by atoms with E-state index in [0.29, 0.717) is 11.5 Å². The maximum Gasteiger partial charge on any atom is 0.332 e. The Bertz CT molecular complexity index is 534. The average Bonchev–Trinajstić information content (AvgIpc) is 2.45. The lowest BCUT2D eigenvalue weighted by Gasteiger charge is -2.12. The first-order chi connectivity index (χ1) is 9.90. The van der Waals surface area contributed by atoms with E-state index in [1.54, 1.807) is 0 Å². The topological polar surface area (TPSA) is 105 Å². The Morgan fingerprint density at radius 2 is 2.00 bits per heavy atom. The molecule has 1 atom stereocenters. The number of aliphatic hydroxyl groups is 1. The largest absolute Gasteiger partial charge is 0.493 e. The van der Waals surface area contributed by atoms with Crippen LogP contribution in [-0.4, -0.2) is 49.0 Å². The van der Waals surface area contributed by atoms with Gasteiger partial charge in [0.25, 0.3) is 5.91 Å². The molecule has 0 bridgehead atoms. The minimum absolute atomic E-state index is 0.0122. The zero-order valence-electron chi connectivity index (χ0n) is 11.6. The van der Waals surface area contributed by atoms with E-state index < -0.39 is 18.0 Å². The predicted octanol–water partition coefficient (Wildman–Crippen LogP) is 0.923. The average molecular weight is 318 g/mol. The lowest BCUT2D eigenvalue weighted by molar-refractivity contribution is -0.146. The Morgan fingerprint density at radius 3 is 2.52 bits per heavy atom. The van der Waals surface area contributed by atoms with E-state index in [-0.39, 0.29) is 23.6 Å². The second-order valence-corrected chi connectivity index (χ2v) is 4.50. The van der Waals surface area contributed by atoms with E-state index in [0.717, 1.165) is 0 Å². The van der Waals surface area contributed by atoms with Crippen molar-refractivity contribution >= 4 is 23.5 Å². The van der Waals surface area contributed by atoms with E-state index >= 15 is 0 Å². The molecule has 8 heteroatoms. The van der Waals surface area contributed by atoms with Crippen molar-refractivity contribution in [3.8, 4) is 11.5 Å². The Balaban J connectivity index is 2.75. The van der Waals surface area contributed by atoms with Crippen LogP contribution in [0.5, 0.6) is 11.5 Å². The number of carboxylic acid groups (broad SMARTS) is 1. The summed E-state index contributed by atoms with van der Waals surface area (Å²) in [7, 11) is 2.84. The van der Waals surface area contributed by atoms with Crippen LogP contribution in [0.4, 0.5) is 0 Å². The number of aliphatic carboxylic acids is 1. The lowest BCUT2D eigenvalue weighted by Crippen LogP contribution is -2.30. The summed E-state index contributed by atoms with van der Waals surface area (Å²) >= 11 is 5.98. The highest BCUT2D eigenvalue weighted by atomic mass is 35.5. The van der Waals surface area contributed by atoms with Crippen molar-refractivity contribution in [2.75, 3.05) is 20.8 Å². The van der Waals surface area contributed by atoms with Gasteiger partial charge < -0.3 is 25.0 Å². The van der Waals surface area contributed by atoms with Crippen molar-refractivity contribution in [1.82, 2.24) is 5.32 Å². The van der Waals surface area contributed by atoms with E-state index in [9.17, 15) is 9.59 Å². The highest BCUT2D eigenvalue weighted by Gasteiger charge is 2.16. The lowest BCUT2D eigenvalue weighted by atomic mass is 10.1. The minimum Gasteiger partial charge on any atom is -0.493 e. The van der Waals surface area contributed by atoms with E-state index in [2.05, 4.69) is 5.32 Å². The van der Waals surface area contributed by atoms with Crippen LogP contribution in [0.2, 0.25) is 5.02 Å². The van der Waals surface area contributed by atoms with Crippen LogP contribution in [0.15, 0.2) is 12.1 Å². The molecule has 0 spiro atoms. The number of carbonyl (C=O) groups is 2. The fraction of sp³-hybridized carbons (Fsp3) is 0.385. The van der Waals surface area contributed by atoms with E-state index in [1.165, 1.54) is 26.4 Å². The molecule has 0 heterocycles. The normalized spacial score (nSPS) is 11.6. The van der Waals surface area contributed by atoms with Gasteiger partial charge in [0, 0.05) is 18.5 Å². The number of rotatable bonds is 7. The van der Waals surface area contributed by atoms with Crippen molar-refractivity contribution in [1.29, 1.82) is 0 Å². The van der Waals surface area contributed by atoms with Gasteiger partial charge in [0.05, 0.1) is 19.2 Å². The molecule has 1 amide bonds. The van der Waals surface area contributed by atoms with Crippen molar-refractivity contribution in [2.24, 2.45) is 0 Å². The van der Waals surface area contributed by atoms with Crippen LogP contribution in [-0.2, 0) is 4.79 Å². The summed E-state index contributed by atoms with van der Waals surface area (Å²) in [4.78, 5) is 22.4. The van der Waals surface area contributed by atoms with Crippen LogP contribution in [0.25, 0.3) is 0 Å². The smallest absolute Gasteiger partial charge is 0.332 e. The fourth-order valence-electron chi connectivity index (χ4n) is 1.60. The molecule has 0 aliphatic carbocycles. The zero-order chi connectivity index (χ0) is 16.0. The molecule has 0 fully saturated rings. The first kappa shape index (κ1) is 17.1. The number of benzene rings is 1. The van der Waals surface area contributed by atoms with Crippen molar-refractivity contribution in [3.63, 3.8) is 0 Å². The molecule has 0 aliphatic heterocycles. The molecule has 7 nitrogen and oxygen atoms in total. The van der Waals surface area contributed by atoms with Crippen molar-refractivity contribution < 1.29 is 29.3 Å². The molecule has 3 N–H and O–H groups in total. The number of hydrogen-bond donors (Lipinski definition) is 3. The molecular weight excluding hydrogens is 302 g/mol. The first-order valence-corrected chi connectivity index (χ1v) is 6.39. The number of aliphatic hydroxyl groups excluding tert-OH is 1. The highest BCUT2D eigenvalue weighted by molar-refractivity contribution is 6.32. The van der Waals surface area contributed by atoms with Gasteiger partial charge in [-0.15, -0.1) is 0 Å². The summed E-state index contributed by atoms with van der Waals surface area (Å²) in [5.74, 6) is -1.17. The maximum atomic E-state index is 11.9. The summed E-state index contributed by atoms with van der Waals surface area (Å²) in [5.41, 5.74) is 0.238. The highest BCUT2D eigenvalue weighted by Crippen LogP contribution is 2.35. The summed E-state index contributed by atoms with van der Waals surface area (Å²) in [6, 6.07) is 2.86. The molecule has 0 radical (unpaired) electrons. The van der Waals surface area contributed by atoms with Gasteiger partial charge in [-0.3, -0.25) is 4.79 Å². The zero-order valence-corrected chi connectivity index (χ0v) is 12.3. The number of ether oxygens (including phenoxy) is 2. The van der Waals surface area contributed by atoms with Crippen molar-refractivity contribution in [2.45, 2.75) is 12.5 Å². The Labute approximate surface area is 126 Å². The van der Waals surface area contributed by atoms with Gasteiger partial charge in [0.15, 0.2) is 17.6 Å².